The van der Waals surface area contributed by atoms with Gasteiger partial charge in [-0.15, -0.1) is 0 Å². The van der Waals surface area contributed by atoms with Gasteiger partial charge in [0.05, 0.1) is 0 Å². The van der Waals surface area contributed by atoms with Gasteiger partial charge in [0.2, 0.25) is 0 Å². The van der Waals surface area contributed by atoms with Gasteiger partial charge in [-0.05, 0) is 44.5 Å². The molecule has 42 heavy (non-hydrogen) atoms. The number of benzene rings is 4. The zero-order chi connectivity index (χ0) is 28.6. The molecular formula is C37H21CoO4-5. The first kappa shape index (κ1) is 29.9. The van der Waals surface area contributed by atoms with Crippen LogP contribution in [0.4, 0.5) is 0 Å². The Hall–Kier alpha value is -5.10. The van der Waals surface area contributed by atoms with Gasteiger partial charge in [0, 0.05) is 39.0 Å². The van der Waals surface area contributed by atoms with Gasteiger partial charge < -0.3 is 30.3 Å². The summed E-state index contributed by atoms with van der Waals surface area (Å²) in [6, 6.07) is 41.6. The number of allylic oxidation sites excluding steroid dienone is 4. The number of rotatable bonds is 8. The van der Waals surface area contributed by atoms with Crippen LogP contribution in [0.15, 0.2) is 103 Å². The van der Waals surface area contributed by atoms with Crippen molar-refractivity contribution in [3.05, 3.63) is 172 Å². The van der Waals surface area contributed by atoms with Crippen LogP contribution in [0.5, 0.6) is 0 Å². The second-order valence-electron chi connectivity index (χ2n) is 9.14. The molecular weight excluding hydrogens is 567 g/mol. The average molecular weight is 589 g/mol. The first-order valence-corrected chi connectivity index (χ1v) is 12.7. The first-order valence-electron chi connectivity index (χ1n) is 12.7. The molecule has 0 aliphatic heterocycles. The standard InChI is InChI=1S/C32H20O4.C5H.Co/c33-17-21-1-9-25(10-2-21)29-30(26-11-3-22(18-34)4-12-26)32(28-15-7-24(20-36)8-16-28)31(29)27-13-5-23(19-35)6-14-27;1-2-4-5-3-1;/h1-20H;1H;/q;-5;. The van der Waals surface area contributed by atoms with Gasteiger partial charge in [-0.25, -0.2) is 0 Å². The van der Waals surface area contributed by atoms with Crippen LogP contribution in [-0.4, -0.2) is 25.1 Å². The molecule has 0 unspecified atom stereocenters. The number of hydrogen-bond acceptors (Lipinski definition) is 4. The van der Waals surface area contributed by atoms with E-state index < -0.39 is 0 Å². The molecule has 5 aromatic rings. The van der Waals surface area contributed by atoms with E-state index in [0.717, 1.165) is 69.7 Å². The van der Waals surface area contributed by atoms with E-state index in [1.54, 1.807) is 54.6 Å². The molecule has 0 saturated heterocycles. The molecule has 5 heteroatoms. The minimum Gasteiger partial charge on any atom is -0.999 e. The summed E-state index contributed by atoms with van der Waals surface area (Å²) in [6.45, 7) is 0. The van der Waals surface area contributed by atoms with E-state index in [4.69, 9.17) is 0 Å². The van der Waals surface area contributed by atoms with E-state index in [2.05, 4.69) is 24.3 Å². The number of aldehydes is 4. The Morgan fingerprint density at radius 3 is 0.738 bits per heavy atom. The summed E-state index contributed by atoms with van der Waals surface area (Å²) >= 11 is 0. The van der Waals surface area contributed by atoms with E-state index in [0.29, 0.717) is 22.3 Å². The maximum atomic E-state index is 11.2. The molecule has 1 radical (unpaired) electrons. The molecule has 0 fully saturated rings. The predicted octanol–water partition coefficient (Wildman–Crippen LogP) is 7.08. The van der Waals surface area contributed by atoms with Gasteiger partial charge in [0.25, 0.3) is 0 Å². The molecule has 0 heterocycles. The molecule has 1 aliphatic carbocycles. The zero-order valence-electron chi connectivity index (χ0n) is 22.1. The van der Waals surface area contributed by atoms with Gasteiger partial charge in [0.1, 0.15) is 25.1 Å². The quantitative estimate of drug-likeness (QED) is 0.144. The molecule has 207 valence electrons. The average Bonchev–Trinajstić information content (AvgIpc) is 3.63. The van der Waals surface area contributed by atoms with Crippen molar-refractivity contribution in [2.45, 2.75) is 0 Å². The summed E-state index contributed by atoms with van der Waals surface area (Å²) in [5.41, 5.74) is 10.1. The van der Waals surface area contributed by atoms with Crippen LogP contribution in [0.2, 0.25) is 0 Å². The zero-order valence-corrected chi connectivity index (χ0v) is 23.1. The third kappa shape index (κ3) is 6.28. The molecule has 0 N–H and O–H groups in total. The fourth-order valence-corrected chi connectivity index (χ4v) is 4.69. The first-order chi connectivity index (χ1) is 20.2. The van der Waals surface area contributed by atoms with Gasteiger partial charge in [0.15, 0.2) is 0 Å². The topological polar surface area (TPSA) is 68.3 Å². The summed E-state index contributed by atoms with van der Waals surface area (Å²) in [7, 11) is 0. The number of carbonyl (C=O) groups excluding carboxylic acids is 4. The Morgan fingerprint density at radius 2 is 0.595 bits per heavy atom. The van der Waals surface area contributed by atoms with E-state index in [1.807, 2.05) is 48.5 Å². The molecule has 0 saturated carbocycles. The number of carbonyl (C=O) groups is 4. The van der Waals surface area contributed by atoms with Gasteiger partial charge in [-0.1, -0.05) is 97.1 Å². The summed E-state index contributed by atoms with van der Waals surface area (Å²) in [5, 5.41) is 0. The van der Waals surface area contributed by atoms with Crippen LogP contribution < -0.4 is 0 Å². The molecule has 4 nitrogen and oxygen atoms in total. The van der Waals surface area contributed by atoms with Crippen LogP contribution >= 0.6 is 0 Å². The normalized spacial score (nSPS) is 11.8. The predicted molar refractivity (Wildman–Crippen MR) is 158 cm³/mol. The smallest absolute Gasteiger partial charge is 0.150 e. The molecule has 6 rings (SSSR count). The van der Waals surface area contributed by atoms with E-state index in [-0.39, 0.29) is 16.8 Å². The fraction of sp³-hybridized carbons (Fsp3) is 0. The monoisotopic (exact) mass is 588 g/mol. The molecule has 0 bridgehead atoms. The van der Waals surface area contributed by atoms with Crippen molar-refractivity contribution in [3.63, 3.8) is 0 Å². The van der Waals surface area contributed by atoms with Crippen molar-refractivity contribution < 1.29 is 36.0 Å². The van der Waals surface area contributed by atoms with Crippen LogP contribution in [0, 0.1) is 24.3 Å². The maximum absolute atomic E-state index is 11.2. The number of hydrogen-bond donors (Lipinski definition) is 0. The van der Waals surface area contributed by atoms with Crippen LogP contribution in [0.3, 0.4) is 0 Å². The summed E-state index contributed by atoms with van der Waals surface area (Å²) in [5.74, 6) is 0. The third-order valence-electron chi connectivity index (χ3n) is 6.69. The maximum Gasteiger partial charge on any atom is 0.150 e. The van der Waals surface area contributed by atoms with Crippen LogP contribution in [0.1, 0.15) is 63.7 Å². The molecule has 1 aliphatic rings. The van der Waals surface area contributed by atoms with E-state index in [9.17, 15) is 19.2 Å². The largest absolute Gasteiger partial charge is 0.999 e. The van der Waals surface area contributed by atoms with Crippen molar-refractivity contribution >= 4 is 47.4 Å². The van der Waals surface area contributed by atoms with Crippen molar-refractivity contribution in [1.29, 1.82) is 0 Å². The van der Waals surface area contributed by atoms with Crippen molar-refractivity contribution in [2.75, 3.05) is 0 Å². The summed E-state index contributed by atoms with van der Waals surface area (Å²) in [4.78, 5) is 45.0. The second kappa shape index (κ2) is 14.0. The molecule has 0 atom stereocenters. The van der Waals surface area contributed by atoms with E-state index >= 15 is 0 Å². The minimum absolute atomic E-state index is 0. The van der Waals surface area contributed by atoms with Crippen LogP contribution in [0.25, 0.3) is 22.3 Å². The molecule has 0 spiro atoms. The van der Waals surface area contributed by atoms with Gasteiger partial charge >= 0.3 is 0 Å². The van der Waals surface area contributed by atoms with Crippen molar-refractivity contribution in [2.24, 2.45) is 0 Å². The van der Waals surface area contributed by atoms with Crippen molar-refractivity contribution in [3.8, 4) is 0 Å². The fourth-order valence-electron chi connectivity index (χ4n) is 4.69. The van der Waals surface area contributed by atoms with Crippen LogP contribution in [-0.2, 0) is 16.8 Å². The minimum atomic E-state index is 0. The summed E-state index contributed by atoms with van der Waals surface area (Å²) in [6.07, 6.45) is 3.25. The Kier molecular flexibility index (Phi) is 9.95. The van der Waals surface area contributed by atoms with Crippen molar-refractivity contribution in [1.82, 2.24) is 0 Å². The summed E-state index contributed by atoms with van der Waals surface area (Å²) < 4.78 is 0. The SMILES string of the molecule is O=Cc1ccc(C2=C(c3ccc(C=O)cc3)C(c3ccc(C=O)cc3)=C2c2ccc(C=O)cc2)cc1.[Co].[c-]1[c-][c-][cH-][c-]1. The second-order valence-corrected chi connectivity index (χ2v) is 9.14. The molecule has 5 aromatic carbocycles. The Labute approximate surface area is 254 Å². The van der Waals surface area contributed by atoms with E-state index in [1.165, 1.54) is 0 Å². The molecule has 0 amide bonds. The van der Waals surface area contributed by atoms with Gasteiger partial charge in [-0.3, -0.25) is 19.2 Å². The third-order valence-corrected chi connectivity index (χ3v) is 6.69. The Balaban J connectivity index is 0.000000612. The Bertz CT molecular complexity index is 1470. The molecule has 0 aromatic heterocycles. The van der Waals surface area contributed by atoms with Gasteiger partial charge in [-0.2, -0.15) is 0 Å². The Morgan fingerprint density at radius 1 is 0.381 bits per heavy atom.